The van der Waals surface area contributed by atoms with Crippen molar-refractivity contribution in [3.8, 4) is 0 Å². The zero-order valence-corrected chi connectivity index (χ0v) is 13.0. The zero-order valence-electron chi connectivity index (χ0n) is 10.9. The quantitative estimate of drug-likeness (QED) is 0.823. The molecule has 19 heavy (non-hydrogen) atoms. The van der Waals surface area contributed by atoms with E-state index in [0.29, 0.717) is 18.5 Å². The maximum atomic E-state index is 12.0. The third-order valence-corrected chi connectivity index (χ3v) is 3.87. The predicted octanol–water partition coefficient (Wildman–Crippen LogP) is 2.03. The Balaban J connectivity index is 1.87. The van der Waals surface area contributed by atoms with Gasteiger partial charge in [0.25, 0.3) is 5.91 Å². The van der Waals surface area contributed by atoms with E-state index in [1.54, 1.807) is 0 Å². The Hall–Kier alpha value is -1.11. The van der Waals surface area contributed by atoms with Crippen LogP contribution in [0.3, 0.4) is 0 Å². The minimum atomic E-state index is -0.0875. The zero-order chi connectivity index (χ0) is 13.8. The average molecular weight is 372 g/mol. The van der Waals surface area contributed by atoms with Crippen LogP contribution in [-0.2, 0) is 4.79 Å². The van der Waals surface area contributed by atoms with Gasteiger partial charge in [0.05, 0.1) is 0 Å². The van der Waals surface area contributed by atoms with Gasteiger partial charge in [-0.3, -0.25) is 9.59 Å². The minimum Gasteiger partial charge on any atom is -0.348 e. The molecule has 0 spiro atoms. The Bertz CT molecular complexity index is 473. The van der Waals surface area contributed by atoms with Gasteiger partial charge in [-0.15, -0.1) is 0 Å². The number of benzene rings is 1. The van der Waals surface area contributed by atoms with E-state index in [1.807, 2.05) is 36.1 Å². The number of nitrogens with one attached hydrogen (secondary N) is 1. The molecule has 1 aromatic rings. The van der Waals surface area contributed by atoms with E-state index >= 15 is 0 Å². The van der Waals surface area contributed by atoms with E-state index in [-0.39, 0.29) is 17.9 Å². The highest BCUT2D eigenvalue weighted by atomic mass is 127. The molecule has 1 saturated heterocycles. The molecule has 0 aliphatic carbocycles. The third-order valence-electron chi connectivity index (χ3n) is 3.15. The van der Waals surface area contributed by atoms with Crippen molar-refractivity contribution in [2.75, 3.05) is 13.1 Å². The van der Waals surface area contributed by atoms with Crippen LogP contribution in [0.1, 0.15) is 30.1 Å². The van der Waals surface area contributed by atoms with Crippen LogP contribution in [0.2, 0.25) is 0 Å². The molecule has 0 radical (unpaired) electrons. The molecular weight excluding hydrogens is 355 g/mol. The number of likely N-dealkylation sites (tertiary alicyclic amines) is 1. The van der Waals surface area contributed by atoms with E-state index in [1.165, 1.54) is 0 Å². The van der Waals surface area contributed by atoms with E-state index in [2.05, 4.69) is 27.9 Å². The minimum absolute atomic E-state index is 0.0335. The number of nitrogens with zero attached hydrogens (tertiary/aromatic N) is 1. The SMILES string of the molecule is CC(CN1CCCC1=O)NC(=O)c1ccc(I)cc1. The van der Waals surface area contributed by atoms with Crippen molar-refractivity contribution in [3.63, 3.8) is 0 Å². The summed E-state index contributed by atoms with van der Waals surface area (Å²) in [5.74, 6) is 0.103. The first kappa shape index (κ1) is 14.3. The summed E-state index contributed by atoms with van der Waals surface area (Å²) in [5.41, 5.74) is 0.653. The van der Waals surface area contributed by atoms with Gasteiger partial charge in [0.1, 0.15) is 0 Å². The van der Waals surface area contributed by atoms with Crippen LogP contribution >= 0.6 is 22.6 Å². The molecule has 1 unspecified atom stereocenters. The van der Waals surface area contributed by atoms with Gasteiger partial charge in [-0.2, -0.15) is 0 Å². The van der Waals surface area contributed by atoms with Crippen LogP contribution < -0.4 is 5.32 Å². The summed E-state index contributed by atoms with van der Waals surface area (Å²) >= 11 is 2.20. The standard InChI is InChI=1S/C14H17IN2O2/c1-10(9-17-8-2-3-13(17)18)16-14(19)11-4-6-12(15)7-5-11/h4-7,10H,2-3,8-9H2,1H3,(H,16,19). The van der Waals surface area contributed by atoms with Crippen LogP contribution in [0.4, 0.5) is 0 Å². The normalized spacial score (nSPS) is 16.5. The molecule has 1 aliphatic rings. The highest BCUT2D eigenvalue weighted by Gasteiger charge is 2.22. The van der Waals surface area contributed by atoms with Gasteiger partial charge in [-0.25, -0.2) is 0 Å². The second kappa shape index (κ2) is 6.36. The highest BCUT2D eigenvalue weighted by molar-refractivity contribution is 14.1. The Morgan fingerprint density at radius 1 is 1.42 bits per heavy atom. The number of hydrogen-bond acceptors (Lipinski definition) is 2. The Morgan fingerprint density at radius 2 is 2.11 bits per heavy atom. The molecule has 0 saturated carbocycles. The van der Waals surface area contributed by atoms with E-state index < -0.39 is 0 Å². The number of hydrogen-bond donors (Lipinski definition) is 1. The lowest BCUT2D eigenvalue weighted by atomic mass is 10.2. The first-order valence-corrected chi connectivity index (χ1v) is 7.48. The van der Waals surface area contributed by atoms with Crippen molar-refractivity contribution < 1.29 is 9.59 Å². The fourth-order valence-electron chi connectivity index (χ4n) is 2.18. The number of carbonyl (C=O) groups excluding carboxylic acids is 2. The lowest BCUT2D eigenvalue weighted by molar-refractivity contribution is -0.127. The Labute approximate surface area is 126 Å². The topological polar surface area (TPSA) is 49.4 Å². The predicted molar refractivity (Wildman–Crippen MR) is 81.9 cm³/mol. The van der Waals surface area contributed by atoms with Gasteiger partial charge in [0, 0.05) is 34.7 Å². The van der Waals surface area contributed by atoms with Gasteiger partial charge < -0.3 is 10.2 Å². The molecule has 5 heteroatoms. The van der Waals surface area contributed by atoms with E-state index in [4.69, 9.17) is 0 Å². The van der Waals surface area contributed by atoms with Gasteiger partial charge in [0.2, 0.25) is 5.91 Å². The molecule has 102 valence electrons. The Morgan fingerprint density at radius 3 is 2.68 bits per heavy atom. The van der Waals surface area contributed by atoms with Gasteiger partial charge in [-0.05, 0) is 60.2 Å². The van der Waals surface area contributed by atoms with Gasteiger partial charge in [0.15, 0.2) is 0 Å². The van der Waals surface area contributed by atoms with Gasteiger partial charge >= 0.3 is 0 Å². The maximum absolute atomic E-state index is 12.0. The second-order valence-electron chi connectivity index (χ2n) is 4.82. The molecule has 1 N–H and O–H groups in total. The summed E-state index contributed by atoms with van der Waals surface area (Å²) in [4.78, 5) is 25.3. The Kier molecular flexibility index (Phi) is 4.79. The number of rotatable bonds is 4. The van der Waals surface area contributed by atoms with Crippen LogP contribution in [0, 0.1) is 3.57 Å². The number of amides is 2. The molecular formula is C14H17IN2O2. The van der Waals surface area contributed by atoms with Crippen molar-refractivity contribution in [2.45, 2.75) is 25.8 Å². The average Bonchev–Trinajstić information content (AvgIpc) is 2.75. The van der Waals surface area contributed by atoms with Crippen LogP contribution in [0.15, 0.2) is 24.3 Å². The smallest absolute Gasteiger partial charge is 0.251 e. The molecule has 1 atom stereocenters. The molecule has 1 heterocycles. The molecule has 0 aromatic heterocycles. The lowest BCUT2D eigenvalue weighted by Gasteiger charge is -2.21. The molecule has 2 rings (SSSR count). The fraction of sp³-hybridized carbons (Fsp3) is 0.429. The van der Waals surface area contributed by atoms with Gasteiger partial charge in [-0.1, -0.05) is 0 Å². The lowest BCUT2D eigenvalue weighted by Crippen LogP contribution is -2.42. The summed E-state index contributed by atoms with van der Waals surface area (Å²) in [6.45, 7) is 3.33. The van der Waals surface area contributed by atoms with Crippen LogP contribution in [-0.4, -0.2) is 35.8 Å². The fourth-order valence-corrected chi connectivity index (χ4v) is 2.54. The molecule has 1 aliphatic heterocycles. The maximum Gasteiger partial charge on any atom is 0.251 e. The van der Waals surface area contributed by atoms with Crippen LogP contribution in [0.25, 0.3) is 0 Å². The summed E-state index contributed by atoms with van der Waals surface area (Å²) in [6.07, 6.45) is 1.56. The molecule has 0 bridgehead atoms. The summed E-state index contributed by atoms with van der Waals surface area (Å²) in [6, 6.07) is 7.40. The largest absolute Gasteiger partial charge is 0.348 e. The monoisotopic (exact) mass is 372 g/mol. The highest BCUT2D eigenvalue weighted by Crippen LogP contribution is 2.10. The number of halogens is 1. The summed E-state index contributed by atoms with van der Waals surface area (Å²) < 4.78 is 1.10. The molecule has 1 fully saturated rings. The van der Waals surface area contributed by atoms with Crippen molar-refractivity contribution in [1.82, 2.24) is 10.2 Å². The van der Waals surface area contributed by atoms with E-state index in [0.717, 1.165) is 16.5 Å². The molecule has 2 amide bonds. The van der Waals surface area contributed by atoms with Crippen molar-refractivity contribution in [3.05, 3.63) is 33.4 Å². The van der Waals surface area contributed by atoms with Crippen LogP contribution in [0.5, 0.6) is 0 Å². The first-order valence-electron chi connectivity index (χ1n) is 6.40. The number of carbonyl (C=O) groups is 2. The van der Waals surface area contributed by atoms with Crippen molar-refractivity contribution in [1.29, 1.82) is 0 Å². The first-order chi connectivity index (χ1) is 9.06. The third kappa shape index (κ3) is 3.92. The molecule has 1 aromatic carbocycles. The van der Waals surface area contributed by atoms with Crippen molar-refractivity contribution in [2.24, 2.45) is 0 Å². The van der Waals surface area contributed by atoms with E-state index in [9.17, 15) is 9.59 Å². The summed E-state index contributed by atoms with van der Waals surface area (Å²) in [7, 11) is 0. The molecule has 4 nitrogen and oxygen atoms in total. The second-order valence-corrected chi connectivity index (χ2v) is 6.07. The summed E-state index contributed by atoms with van der Waals surface area (Å²) in [5, 5.41) is 2.93. The van der Waals surface area contributed by atoms with Crippen molar-refractivity contribution >= 4 is 34.4 Å².